The Labute approximate surface area is 109 Å². The summed E-state index contributed by atoms with van der Waals surface area (Å²) in [5.41, 5.74) is 0. The Hall–Kier alpha value is -0.120. The highest BCUT2D eigenvalue weighted by atomic mass is 15.2. The first-order valence-corrected chi connectivity index (χ1v) is 7.44. The summed E-state index contributed by atoms with van der Waals surface area (Å²) >= 11 is 0. The molecule has 1 atom stereocenters. The fraction of sp³-hybridized carbons (Fsp3) is 1.00. The molecule has 0 spiro atoms. The largest absolute Gasteiger partial charge is 0.319 e. The van der Waals surface area contributed by atoms with E-state index in [1.165, 1.54) is 26.1 Å². The van der Waals surface area contributed by atoms with Crippen LogP contribution in [-0.2, 0) is 0 Å². The lowest BCUT2D eigenvalue weighted by Crippen LogP contribution is -2.46. The maximum absolute atomic E-state index is 3.38. The minimum absolute atomic E-state index is 0.822. The van der Waals surface area contributed by atoms with Crippen molar-refractivity contribution in [3.8, 4) is 0 Å². The molecule has 3 nitrogen and oxygen atoms in total. The second-order valence-electron chi connectivity index (χ2n) is 3.88. The van der Waals surface area contributed by atoms with Crippen LogP contribution in [0.3, 0.4) is 0 Å². The van der Waals surface area contributed by atoms with E-state index in [-0.39, 0.29) is 0 Å². The van der Waals surface area contributed by atoms with E-state index in [2.05, 4.69) is 22.5 Å². The van der Waals surface area contributed by atoms with E-state index in [1.807, 2.05) is 34.7 Å². The number of piperazine rings is 1. The molecule has 0 aromatic rings. The lowest BCUT2D eigenvalue weighted by Gasteiger charge is -2.30. The van der Waals surface area contributed by atoms with Gasteiger partial charge in [-0.05, 0) is 19.5 Å². The molecule has 17 heavy (non-hydrogen) atoms. The molecule has 1 aliphatic heterocycles. The number of rotatable bonds is 5. The molecule has 1 rings (SSSR count). The first-order chi connectivity index (χ1) is 8.36. The Balaban J connectivity index is 0. The molecule has 1 saturated heterocycles. The van der Waals surface area contributed by atoms with Gasteiger partial charge in [-0.1, -0.05) is 41.0 Å². The summed E-state index contributed by atoms with van der Waals surface area (Å²) in [6.45, 7) is 17.5. The van der Waals surface area contributed by atoms with Crippen molar-refractivity contribution >= 4 is 0 Å². The molecule has 0 aliphatic carbocycles. The maximum atomic E-state index is 3.38. The van der Waals surface area contributed by atoms with Gasteiger partial charge in [0.25, 0.3) is 0 Å². The van der Waals surface area contributed by atoms with Gasteiger partial charge in [-0.3, -0.25) is 0 Å². The molecule has 0 bridgehead atoms. The number of hydrogen-bond donors (Lipinski definition) is 2. The SMILES string of the molecule is CC.CC.CC[C@@H](CNC)CN1CCNCC1. The zero-order chi connectivity index (χ0) is 13.5. The first kappa shape index (κ1) is 19.2. The van der Waals surface area contributed by atoms with Crippen LogP contribution in [0.5, 0.6) is 0 Å². The summed E-state index contributed by atoms with van der Waals surface area (Å²) < 4.78 is 0. The minimum atomic E-state index is 0.822. The highest BCUT2D eigenvalue weighted by molar-refractivity contribution is 4.71. The summed E-state index contributed by atoms with van der Waals surface area (Å²) in [7, 11) is 2.04. The van der Waals surface area contributed by atoms with Crippen molar-refractivity contribution in [3.05, 3.63) is 0 Å². The van der Waals surface area contributed by atoms with Gasteiger partial charge in [0, 0.05) is 32.7 Å². The quantitative estimate of drug-likeness (QED) is 0.777. The molecule has 1 fully saturated rings. The van der Waals surface area contributed by atoms with Crippen molar-refractivity contribution in [1.82, 2.24) is 15.5 Å². The lowest BCUT2D eigenvalue weighted by molar-refractivity contribution is 0.202. The third-order valence-corrected chi connectivity index (χ3v) is 2.80. The normalized spacial score (nSPS) is 17.3. The number of nitrogens with zero attached hydrogens (tertiary/aromatic N) is 1. The standard InChI is InChI=1S/C10H23N3.2C2H6/c1-3-10(8-11-2)9-13-6-4-12-5-7-13;2*1-2/h10-12H,3-9H2,1-2H3;2*1-2H3/t10-;;/m0../s1. The van der Waals surface area contributed by atoms with Crippen molar-refractivity contribution in [2.45, 2.75) is 41.0 Å². The molecular formula is C14H35N3. The van der Waals surface area contributed by atoms with Crippen molar-refractivity contribution < 1.29 is 0 Å². The topological polar surface area (TPSA) is 27.3 Å². The van der Waals surface area contributed by atoms with E-state index in [1.54, 1.807) is 0 Å². The average Bonchev–Trinajstić information content (AvgIpc) is 2.44. The predicted octanol–water partition coefficient (Wildman–Crippen LogP) is 2.19. The Morgan fingerprint density at radius 3 is 2.06 bits per heavy atom. The van der Waals surface area contributed by atoms with Crippen LogP contribution in [0.25, 0.3) is 0 Å². The van der Waals surface area contributed by atoms with Gasteiger partial charge in [0.15, 0.2) is 0 Å². The number of hydrogen-bond acceptors (Lipinski definition) is 3. The van der Waals surface area contributed by atoms with Gasteiger partial charge in [0.05, 0.1) is 0 Å². The van der Waals surface area contributed by atoms with E-state index in [0.29, 0.717) is 0 Å². The highest BCUT2D eigenvalue weighted by Gasteiger charge is 2.13. The van der Waals surface area contributed by atoms with Gasteiger partial charge in [-0.2, -0.15) is 0 Å². The third kappa shape index (κ3) is 10.7. The summed E-state index contributed by atoms with van der Waals surface area (Å²) in [5, 5.41) is 6.65. The van der Waals surface area contributed by atoms with Crippen LogP contribution < -0.4 is 10.6 Å². The third-order valence-electron chi connectivity index (χ3n) is 2.80. The van der Waals surface area contributed by atoms with E-state index < -0.39 is 0 Å². The van der Waals surface area contributed by atoms with Gasteiger partial charge in [0.2, 0.25) is 0 Å². The van der Waals surface area contributed by atoms with Crippen LogP contribution in [0.15, 0.2) is 0 Å². The van der Waals surface area contributed by atoms with Crippen LogP contribution in [0.2, 0.25) is 0 Å². The smallest absolute Gasteiger partial charge is 0.0107 e. The van der Waals surface area contributed by atoms with E-state index >= 15 is 0 Å². The molecule has 1 heterocycles. The molecular weight excluding hydrogens is 210 g/mol. The van der Waals surface area contributed by atoms with Gasteiger partial charge < -0.3 is 15.5 Å². The molecule has 0 saturated carbocycles. The second-order valence-corrected chi connectivity index (χ2v) is 3.88. The van der Waals surface area contributed by atoms with Crippen LogP contribution in [-0.4, -0.2) is 51.2 Å². The summed E-state index contributed by atoms with van der Waals surface area (Å²) in [4.78, 5) is 2.57. The average molecular weight is 245 g/mol. The van der Waals surface area contributed by atoms with Gasteiger partial charge >= 0.3 is 0 Å². The van der Waals surface area contributed by atoms with Crippen molar-refractivity contribution in [2.75, 3.05) is 46.3 Å². The van der Waals surface area contributed by atoms with E-state index in [0.717, 1.165) is 25.6 Å². The Bertz CT molecular complexity index is 120. The highest BCUT2D eigenvalue weighted by Crippen LogP contribution is 2.05. The molecule has 2 N–H and O–H groups in total. The zero-order valence-corrected chi connectivity index (χ0v) is 13.0. The predicted molar refractivity (Wildman–Crippen MR) is 79.7 cm³/mol. The molecule has 0 aromatic carbocycles. The van der Waals surface area contributed by atoms with Crippen LogP contribution in [0, 0.1) is 5.92 Å². The minimum Gasteiger partial charge on any atom is -0.319 e. The van der Waals surface area contributed by atoms with Crippen LogP contribution in [0.1, 0.15) is 41.0 Å². The zero-order valence-electron chi connectivity index (χ0n) is 13.0. The van der Waals surface area contributed by atoms with Crippen LogP contribution >= 0.6 is 0 Å². The molecule has 0 amide bonds. The molecule has 0 radical (unpaired) electrons. The summed E-state index contributed by atoms with van der Waals surface area (Å²) in [6.07, 6.45) is 1.28. The van der Waals surface area contributed by atoms with Gasteiger partial charge in [0.1, 0.15) is 0 Å². The fourth-order valence-electron chi connectivity index (χ4n) is 1.89. The first-order valence-electron chi connectivity index (χ1n) is 7.44. The summed E-state index contributed by atoms with van der Waals surface area (Å²) in [5.74, 6) is 0.822. The summed E-state index contributed by atoms with van der Waals surface area (Å²) in [6, 6.07) is 0. The second kappa shape index (κ2) is 15.9. The molecule has 3 heteroatoms. The van der Waals surface area contributed by atoms with E-state index in [4.69, 9.17) is 0 Å². The monoisotopic (exact) mass is 245 g/mol. The molecule has 0 unspecified atom stereocenters. The Morgan fingerprint density at radius 2 is 1.65 bits per heavy atom. The number of nitrogens with one attached hydrogen (secondary N) is 2. The lowest BCUT2D eigenvalue weighted by atomic mass is 10.1. The maximum Gasteiger partial charge on any atom is 0.0107 e. The van der Waals surface area contributed by atoms with Gasteiger partial charge in [-0.25, -0.2) is 0 Å². The molecule has 106 valence electrons. The fourth-order valence-corrected chi connectivity index (χ4v) is 1.89. The van der Waals surface area contributed by atoms with E-state index in [9.17, 15) is 0 Å². The molecule has 1 aliphatic rings. The Kier molecular flexibility index (Phi) is 18.0. The van der Waals surface area contributed by atoms with Crippen LogP contribution in [0.4, 0.5) is 0 Å². The Morgan fingerprint density at radius 1 is 1.12 bits per heavy atom. The van der Waals surface area contributed by atoms with Crippen molar-refractivity contribution in [3.63, 3.8) is 0 Å². The van der Waals surface area contributed by atoms with Crippen molar-refractivity contribution in [1.29, 1.82) is 0 Å². The van der Waals surface area contributed by atoms with Crippen molar-refractivity contribution in [2.24, 2.45) is 5.92 Å². The van der Waals surface area contributed by atoms with Gasteiger partial charge in [-0.15, -0.1) is 0 Å². The molecule has 0 aromatic heterocycles.